The summed E-state index contributed by atoms with van der Waals surface area (Å²) in [6.07, 6.45) is 28.0. The minimum Gasteiger partial charge on any atom is -0.633 e. The van der Waals surface area contributed by atoms with Gasteiger partial charge in [0.25, 0.3) is 0 Å². The molecule has 0 spiro atoms. The van der Waals surface area contributed by atoms with E-state index >= 15 is 0 Å². The Balaban J connectivity index is 3.61. The molecule has 0 rings (SSSR count). The Bertz CT molecular complexity index is 281. The molecule has 0 heterocycles. The van der Waals surface area contributed by atoms with Crippen LogP contribution in [0.3, 0.4) is 0 Å². The fourth-order valence-corrected chi connectivity index (χ4v) is 4.52. The van der Waals surface area contributed by atoms with Crippen molar-refractivity contribution in [3.63, 3.8) is 0 Å². The van der Waals surface area contributed by atoms with Crippen molar-refractivity contribution in [3.8, 4) is 0 Å². The van der Waals surface area contributed by atoms with Crippen LogP contribution in [0.15, 0.2) is 0 Å². The van der Waals surface area contributed by atoms with Gasteiger partial charge in [-0.1, -0.05) is 124 Å². The second-order valence-electron chi connectivity index (χ2n) is 9.59. The van der Waals surface area contributed by atoms with Crippen LogP contribution in [0.5, 0.6) is 0 Å². The van der Waals surface area contributed by atoms with Gasteiger partial charge in [-0.15, -0.1) is 0 Å². The fourth-order valence-electron chi connectivity index (χ4n) is 4.52. The number of nitrogens with zero attached hydrogens (tertiary/aromatic N) is 1. The van der Waals surface area contributed by atoms with Gasteiger partial charge in [0.15, 0.2) is 0 Å². The van der Waals surface area contributed by atoms with Crippen LogP contribution in [-0.4, -0.2) is 24.3 Å². The van der Waals surface area contributed by atoms with Gasteiger partial charge in [0.05, 0.1) is 19.6 Å². The van der Waals surface area contributed by atoms with E-state index < -0.39 is 0 Å². The topological polar surface area (TPSA) is 23.1 Å². The third-order valence-electron chi connectivity index (χ3n) is 6.47. The van der Waals surface area contributed by atoms with Crippen LogP contribution in [0.25, 0.3) is 0 Å². The second kappa shape index (κ2) is 22.6. The van der Waals surface area contributed by atoms with Gasteiger partial charge in [-0.25, -0.2) is 0 Å². The minimum absolute atomic E-state index is 0.0878. The van der Waals surface area contributed by atoms with Crippen LogP contribution < -0.4 is 0 Å². The van der Waals surface area contributed by atoms with Gasteiger partial charge in [0.2, 0.25) is 0 Å². The lowest BCUT2D eigenvalue weighted by molar-refractivity contribution is -0.881. The van der Waals surface area contributed by atoms with Crippen molar-refractivity contribution in [2.75, 3.05) is 19.6 Å². The first kappa shape index (κ1) is 28.9. The Kier molecular flexibility index (Phi) is 22.5. The summed E-state index contributed by atoms with van der Waals surface area (Å²) in [5.41, 5.74) is 0. The van der Waals surface area contributed by atoms with E-state index in [9.17, 15) is 5.21 Å². The highest BCUT2D eigenvalue weighted by atomic mass is 16.5. The maximum Gasteiger partial charge on any atom is 0.0783 e. The molecule has 0 aliphatic rings. The normalized spacial score (nSPS) is 12.0. The van der Waals surface area contributed by atoms with Gasteiger partial charge in [-0.2, -0.15) is 0 Å². The standard InChI is InChI=1S/C27H57NO/c1-4-7-9-11-13-15-17-19-21-23-26-28(29,25-6-3)27-24-22-20-18-16-14-12-10-8-5-2/h4-27H2,1-3H3. The van der Waals surface area contributed by atoms with E-state index in [2.05, 4.69) is 20.8 Å². The molecule has 0 radical (unpaired) electrons. The van der Waals surface area contributed by atoms with Gasteiger partial charge in [-0.3, -0.25) is 0 Å². The first-order valence-electron chi connectivity index (χ1n) is 13.8. The molecule has 0 unspecified atom stereocenters. The number of unbranched alkanes of at least 4 members (excludes halogenated alkanes) is 18. The predicted molar refractivity (Wildman–Crippen MR) is 132 cm³/mol. The molecule has 0 bridgehead atoms. The highest BCUT2D eigenvalue weighted by molar-refractivity contribution is 4.52. The molecule has 0 fully saturated rings. The molecular formula is C27H57NO. The van der Waals surface area contributed by atoms with E-state index in [1.807, 2.05) is 0 Å². The van der Waals surface area contributed by atoms with Crippen LogP contribution in [0.1, 0.15) is 156 Å². The summed E-state index contributed by atoms with van der Waals surface area (Å²) in [6.45, 7) is 9.29. The molecule has 0 aromatic heterocycles. The molecule has 0 atom stereocenters. The molecule has 0 amide bonds. The number of hydroxylamine groups is 3. The Morgan fingerprint density at radius 1 is 0.345 bits per heavy atom. The van der Waals surface area contributed by atoms with E-state index in [0.717, 1.165) is 38.9 Å². The molecule has 2 nitrogen and oxygen atoms in total. The zero-order valence-corrected chi connectivity index (χ0v) is 20.8. The summed E-state index contributed by atoms with van der Waals surface area (Å²) in [5.74, 6) is 0. The molecule has 0 aliphatic carbocycles. The van der Waals surface area contributed by atoms with Crippen molar-refractivity contribution < 1.29 is 4.65 Å². The second-order valence-corrected chi connectivity index (χ2v) is 9.59. The summed E-state index contributed by atoms with van der Waals surface area (Å²) >= 11 is 0. The number of hydrogen-bond donors (Lipinski definition) is 0. The molecule has 0 aromatic rings. The van der Waals surface area contributed by atoms with Crippen LogP contribution in [0.4, 0.5) is 0 Å². The average Bonchev–Trinajstić information content (AvgIpc) is 2.71. The molecule has 0 saturated heterocycles. The van der Waals surface area contributed by atoms with Crippen molar-refractivity contribution in [3.05, 3.63) is 5.21 Å². The zero-order chi connectivity index (χ0) is 21.5. The van der Waals surface area contributed by atoms with Crippen molar-refractivity contribution in [1.29, 1.82) is 0 Å². The summed E-state index contributed by atoms with van der Waals surface area (Å²) in [7, 11) is 0. The first-order chi connectivity index (χ1) is 14.2. The van der Waals surface area contributed by atoms with Crippen LogP contribution in [0.2, 0.25) is 0 Å². The van der Waals surface area contributed by atoms with Crippen molar-refractivity contribution in [2.24, 2.45) is 0 Å². The van der Waals surface area contributed by atoms with Crippen molar-refractivity contribution in [1.82, 2.24) is 0 Å². The van der Waals surface area contributed by atoms with Gasteiger partial charge in [0.1, 0.15) is 0 Å². The van der Waals surface area contributed by atoms with E-state index in [4.69, 9.17) is 0 Å². The molecule has 29 heavy (non-hydrogen) atoms. The third kappa shape index (κ3) is 21.0. The highest BCUT2D eigenvalue weighted by Crippen LogP contribution is 2.16. The number of hydrogen-bond acceptors (Lipinski definition) is 1. The molecule has 0 saturated carbocycles. The SMILES string of the molecule is CCCCCCCCCCCC[N+]([O-])(CCC)CCCCCCCCCCCC. The third-order valence-corrected chi connectivity index (χ3v) is 6.47. The molecule has 0 aromatic carbocycles. The fraction of sp³-hybridized carbons (Fsp3) is 1.00. The Labute approximate surface area is 185 Å². The van der Waals surface area contributed by atoms with Gasteiger partial charge < -0.3 is 9.85 Å². The van der Waals surface area contributed by atoms with Gasteiger partial charge >= 0.3 is 0 Å². The van der Waals surface area contributed by atoms with Crippen molar-refractivity contribution >= 4 is 0 Å². The Morgan fingerprint density at radius 3 is 0.897 bits per heavy atom. The number of rotatable bonds is 24. The van der Waals surface area contributed by atoms with Crippen molar-refractivity contribution in [2.45, 2.75) is 156 Å². The Hall–Kier alpha value is -0.0800. The Morgan fingerprint density at radius 2 is 0.621 bits per heavy atom. The van der Waals surface area contributed by atoms with E-state index in [0.29, 0.717) is 0 Å². The quantitative estimate of drug-likeness (QED) is 0.0880. The lowest BCUT2D eigenvalue weighted by Gasteiger charge is -2.43. The van der Waals surface area contributed by atoms with Gasteiger partial charge in [-0.05, 0) is 32.1 Å². The zero-order valence-electron chi connectivity index (χ0n) is 20.8. The summed E-state index contributed by atoms with van der Waals surface area (Å²) in [5, 5.41) is 13.1. The molecule has 0 N–H and O–H groups in total. The van der Waals surface area contributed by atoms with E-state index in [1.165, 1.54) is 116 Å². The van der Waals surface area contributed by atoms with E-state index in [-0.39, 0.29) is 4.65 Å². The summed E-state index contributed by atoms with van der Waals surface area (Å²) in [6, 6.07) is 0. The smallest absolute Gasteiger partial charge is 0.0783 e. The summed E-state index contributed by atoms with van der Waals surface area (Å²) in [4.78, 5) is 0. The first-order valence-corrected chi connectivity index (χ1v) is 13.8. The summed E-state index contributed by atoms with van der Waals surface area (Å²) < 4.78 is 0.0878. The van der Waals surface area contributed by atoms with E-state index in [1.54, 1.807) is 0 Å². The van der Waals surface area contributed by atoms with Crippen LogP contribution in [-0.2, 0) is 0 Å². The monoisotopic (exact) mass is 411 g/mol. The maximum atomic E-state index is 13.1. The predicted octanol–water partition coefficient (Wildman–Crippen LogP) is 9.55. The molecule has 2 heteroatoms. The number of quaternary nitrogens is 1. The highest BCUT2D eigenvalue weighted by Gasteiger charge is 2.14. The maximum absolute atomic E-state index is 13.1. The van der Waals surface area contributed by atoms with Crippen LogP contribution in [0, 0.1) is 5.21 Å². The minimum atomic E-state index is 0.0878. The van der Waals surface area contributed by atoms with Crippen LogP contribution >= 0.6 is 0 Å². The lowest BCUT2D eigenvalue weighted by Crippen LogP contribution is -2.44. The molecule has 176 valence electrons. The molecular weight excluding hydrogens is 354 g/mol. The largest absolute Gasteiger partial charge is 0.633 e. The van der Waals surface area contributed by atoms with Gasteiger partial charge in [0, 0.05) is 0 Å². The average molecular weight is 412 g/mol. The lowest BCUT2D eigenvalue weighted by atomic mass is 10.1. The molecule has 0 aliphatic heterocycles.